The van der Waals surface area contributed by atoms with E-state index in [9.17, 15) is 27.6 Å². The molecule has 12 heteroatoms. The van der Waals surface area contributed by atoms with Crippen molar-refractivity contribution >= 4 is 23.9 Å². The zero-order valence-electron chi connectivity index (χ0n) is 21.2. The number of likely N-dealkylation sites (tertiary alicyclic amines) is 1. The van der Waals surface area contributed by atoms with Gasteiger partial charge in [-0.15, -0.1) is 4.99 Å². The molecule has 1 saturated heterocycles. The highest BCUT2D eigenvalue weighted by Crippen LogP contribution is 2.39. The van der Waals surface area contributed by atoms with Crippen molar-refractivity contribution in [2.24, 2.45) is 10.7 Å². The Morgan fingerprint density at radius 3 is 2.33 bits per heavy atom. The fourth-order valence-corrected chi connectivity index (χ4v) is 4.44. The number of nitrogens with zero attached hydrogens (tertiary/aromatic N) is 3. The van der Waals surface area contributed by atoms with E-state index in [4.69, 9.17) is 10.5 Å². The van der Waals surface area contributed by atoms with Crippen LogP contribution < -0.4 is 11.1 Å². The van der Waals surface area contributed by atoms with Gasteiger partial charge in [0.25, 0.3) is 11.8 Å². The molecule has 2 heterocycles. The summed E-state index contributed by atoms with van der Waals surface area (Å²) in [5.74, 6) is -2.24. The Bertz CT molecular complexity index is 1390. The number of benzene rings is 2. The average Bonchev–Trinajstić information content (AvgIpc) is 2.96. The van der Waals surface area contributed by atoms with Gasteiger partial charge in [-0.25, -0.2) is 4.79 Å². The molecule has 3 N–H and O–H groups in total. The molecule has 9 nitrogen and oxygen atoms in total. The third-order valence-corrected chi connectivity index (χ3v) is 6.43. The van der Waals surface area contributed by atoms with Crippen molar-refractivity contribution in [1.29, 1.82) is 0 Å². The predicted molar refractivity (Wildman–Crippen MR) is 139 cm³/mol. The number of carbonyl (C=O) groups excluding carboxylic acids is 3. The number of ether oxygens (including phenoxy) is 1. The molecule has 208 valence electrons. The van der Waals surface area contributed by atoms with Crippen LogP contribution >= 0.6 is 0 Å². The number of piperidine rings is 1. The first kappa shape index (κ1) is 28.3. The van der Waals surface area contributed by atoms with E-state index in [1.807, 2.05) is 0 Å². The summed E-state index contributed by atoms with van der Waals surface area (Å²) in [5.41, 5.74) is 5.56. The van der Waals surface area contributed by atoms with Gasteiger partial charge in [0, 0.05) is 36.6 Å². The fraction of sp³-hybridized carbons (Fsp3) is 0.250. The van der Waals surface area contributed by atoms with Crippen LogP contribution in [0.5, 0.6) is 0 Å². The van der Waals surface area contributed by atoms with Gasteiger partial charge in [0.05, 0.1) is 5.56 Å². The summed E-state index contributed by atoms with van der Waals surface area (Å²) in [7, 11) is 0. The number of nitrogens with one attached hydrogen (secondary N) is 1. The van der Waals surface area contributed by atoms with Gasteiger partial charge in [-0.1, -0.05) is 36.4 Å². The van der Waals surface area contributed by atoms with Crippen molar-refractivity contribution in [2.45, 2.75) is 31.5 Å². The number of guanidine groups is 1. The Morgan fingerprint density at radius 1 is 1.00 bits per heavy atom. The zero-order chi connectivity index (χ0) is 28.7. The molecule has 1 aliphatic heterocycles. The van der Waals surface area contributed by atoms with Crippen LogP contribution in [0.25, 0.3) is 0 Å². The van der Waals surface area contributed by atoms with Crippen LogP contribution in [-0.2, 0) is 17.5 Å². The number of nitrogens with two attached hydrogens (primary N) is 1. The second kappa shape index (κ2) is 12.4. The number of amides is 3. The maximum atomic E-state index is 14.0. The third kappa shape index (κ3) is 7.22. The molecule has 4 rings (SSSR count). The van der Waals surface area contributed by atoms with Gasteiger partial charge >= 0.3 is 12.3 Å². The molecule has 1 aliphatic rings. The summed E-state index contributed by atoms with van der Waals surface area (Å²) in [6.45, 7) is 0.509. The summed E-state index contributed by atoms with van der Waals surface area (Å²) in [6.07, 6.45) is -2.13. The third-order valence-electron chi connectivity index (χ3n) is 6.43. The second-order valence-corrected chi connectivity index (χ2v) is 9.09. The molecule has 1 fully saturated rings. The summed E-state index contributed by atoms with van der Waals surface area (Å²) in [6, 6.07) is 15.2. The van der Waals surface area contributed by atoms with Crippen molar-refractivity contribution < 1.29 is 32.3 Å². The van der Waals surface area contributed by atoms with Gasteiger partial charge in [-0.05, 0) is 54.2 Å². The smallest absolute Gasteiger partial charge is 0.437 e. The molecule has 0 atom stereocenters. The lowest BCUT2D eigenvalue weighted by molar-refractivity contribution is -0.138. The van der Waals surface area contributed by atoms with E-state index in [0.29, 0.717) is 37.1 Å². The maximum Gasteiger partial charge on any atom is 0.437 e. The molecule has 3 aromatic rings. The van der Waals surface area contributed by atoms with Crippen LogP contribution in [0.15, 0.2) is 78.0 Å². The minimum absolute atomic E-state index is 0.0474. The molecule has 0 radical (unpaired) electrons. The topological polar surface area (TPSA) is 127 Å². The molecule has 0 aliphatic carbocycles. The van der Waals surface area contributed by atoms with Gasteiger partial charge < -0.3 is 15.4 Å². The molecule has 1 aromatic heterocycles. The van der Waals surface area contributed by atoms with Gasteiger partial charge in [-0.3, -0.25) is 19.9 Å². The number of carbonyl (C=O) groups is 3. The number of rotatable bonds is 5. The van der Waals surface area contributed by atoms with Crippen LogP contribution in [-0.4, -0.2) is 46.8 Å². The van der Waals surface area contributed by atoms with Gasteiger partial charge in [-0.2, -0.15) is 13.2 Å². The van der Waals surface area contributed by atoms with Crippen molar-refractivity contribution in [3.8, 4) is 0 Å². The van der Waals surface area contributed by atoms with E-state index < -0.39 is 35.6 Å². The minimum Gasteiger partial charge on any atom is -0.443 e. The van der Waals surface area contributed by atoms with Crippen LogP contribution in [0.3, 0.4) is 0 Å². The first-order valence-corrected chi connectivity index (χ1v) is 12.4. The molecule has 2 aromatic carbocycles. The summed E-state index contributed by atoms with van der Waals surface area (Å²) in [4.78, 5) is 46.0. The summed E-state index contributed by atoms with van der Waals surface area (Å²) in [5, 5.41) is 2.11. The molecule has 0 saturated carbocycles. The van der Waals surface area contributed by atoms with Crippen molar-refractivity contribution in [3.63, 3.8) is 0 Å². The molecule has 0 unspecified atom stereocenters. The van der Waals surface area contributed by atoms with E-state index in [-0.39, 0.29) is 23.6 Å². The molecular weight excluding hydrogens is 527 g/mol. The lowest BCUT2D eigenvalue weighted by Gasteiger charge is -2.33. The van der Waals surface area contributed by atoms with E-state index >= 15 is 0 Å². The number of pyridine rings is 1. The van der Waals surface area contributed by atoms with Gasteiger partial charge in [0.15, 0.2) is 0 Å². The normalized spacial score (nSPS) is 14.5. The van der Waals surface area contributed by atoms with E-state index in [2.05, 4.69) is 15.3 Å². The first-order chi connectivity index (χ1) is 19.1. The lowest BCUT2D eigenvalue weighted by Crippen LogP contribution is -2.38. The van der Waals surface area contributed by atoms with Crippen LogP contribution in [0.2, 0.25) is 0 Å². The number of aromatic nitrogens is 1. The van der Waals surface area contributed by atoms with Gasteiger partial charge in [0.1, 0.15) is 6.61 Å². The SMILES string of the molecule is N/C(=N/C(=O)OCc1ccccc1)NC(=O)c1ccc(C2CCN(C(=O)c3ccncc3)CC2)c(C(F)(F)F)c1. The number of halogens is 3. The predicted octanol–water partition coefficient (Wildman–Crippen LogP) is 4.50. The molecule has 3 amide bonds. The Hall–Kier alpha value is -4.74. The summed E-state index contributed by atoms with van der Waals surface area (Å²) < 4.78 is 47.0. The van der Waals surface area contributed by atoms with Crippen molar-refractivity contribution in [1.82, 2.24) is 15.2 Å². The largest absolute Gasteiger partial charge is 0.443 e. The van der Waals surface area contributed by atoms with Crippen LogP contribution in [0, 0.1) is 0 Å². The molecular formula is C28H26F3N5O4. The van der Waals surface area contributed by atoms with E-state index in [0.717, 1.165) is 6.07 Å². The first-order valence-electron chi connectivity index (χ1n) is 12.4. The monoisotopic (exact) mass is 553 g/mol. The minimum atomic E-state index is -4.73. The van der Waals surface area contributed by atoms with E-state index in [1.54, 1.807) is 47.4 Å². The number of hydrogen-bond acceptors (Lipinski definition) is 5. The summed E-state index contributed by atoms with van der Waals surface area (Å²) >= 11 is 0. The maximum absolute atomic E-state index is 14.0. The van der Waals surface area contributed by atoms with Crippen molar-refractivity contribution in [2.75, 3.05) is 13.1 Å². The Kier molecular flexibility index (Phi) is 8.77. The quantitative estimate of drug-likeness (QED) is 0.354. The Balaban J connectivity index is 1.41. The standard InChI is InChI=1S/C28H26F3N5O4/c29-28(30,31)23-16-21(24(37)34-26(32)35-27(39)40-17-18-4-2-1-3-5-18)6-7-22(23)19-10-14-36(15-11-19)25(38)20-8-12-33-13-9-20/h1-9,12-13,16,19H,10-11,14-15,17H2,(H3,32,34,35,37,39). The average molecular weight is 554 g/mol. The molecule has 0 bridgehead atoms. The molecule has 0 spiro atoms. The van der Waals surface area contributed by atoms with Crippen LogP contribution in [0.1, 0.15) is 56.2 Å². The van der Waals surface area contributed by atoms with Gasteiger partial charge in [0.2, 0.25) is 5.96 Å². The molecule has 40 heavy (non-hydrogen) atoms. The highest BCUT2D eigenvalue weighted by atomic mass is 19.4. The second-order valence-electron chi connectivity index (χ2n) is 9.09. The number of alkyl halides is 3. The number of aliphatic imine (C=N–C) groups is 1. The van der Waals surface area contributed by atoms with Crippen LogP contribution in [0.4, 0.5) is 18.0 Å². The van der Waals surface area contributed by atoms with E-state index in [1.165, 1.54) is 24.5 Å². The highest BCUT2D eigenvalue weighted by molar-refractivity contribution is 6.07. The Labute approximate surface area is 227 Å². The lowest BCUT2D eigenvalue weighted by atomic mass is 9.85. The number of hydrogen-bond donors (Lipinski definition) is 2. The Morgan fingerprint density at radius 2 is 1.68 bits per heavy atom. The highest BCUT2D eigenvalue weighted by Gasteiger charge is 2.37. The zero-order valence-corrected chi connectivity index (χ0v) is 21.2. The van der Waals surface area contributed by atoms with Crippen molar-refractivity contribution in [3.05, 3.63) is 101 Å². The fourth-order valence-electron chi connectivity index (χ4n) is 4.44.